The van der Waals surface area contributed by atoms with Crippen molar-refractivity contribution >= 4 is 40.7 Å². The minimum absolute atomic E-state index is 0.0181. The van der Waals surface area contributed by atoms with Crippen molar-refractivity contribution in [1.29, 1.82) is 0 Å². The predicted molar refractivity (Wildman–Crippen MR) is 121 cm³/mol. The lowest BCUT2D eigenvalue weighted by molar-refractivity contribution is -0.178. The van der Waals surface area contributed by atoms with E-state index in [1.807, 2.05) is 0 Å². The molecule has 0 aromatic heterocycles. The third-order valence-corrected chi connectivity index (χ3v) is 7.62. The second kappa shape index (κ2) is 7.82. The number of likely N-dealkylation sites (tertiary alicyclic amines) is 1. The summed E-state index contributed by atoms with van der Waals surface area (Å²) in [4.78, 5) is 31.9. The van der Waals surface area contributed by atoms with Crippen molar-refractivity contribution in [3.8, 4) is 0 Å². The molecule has 2 unspecified atom stereocenters. The van der Waals surface area contributed by atoms with Crippen LogP contribution in [0.1, 0.15) is 46.0 Å². The van der Waals surface area contributed by atoms with Gasteiger partial charge in [0.25, 0.3) is 5.91 Å². The standard InChI is InChI=1S/C24H17Cl2F4N3O3/c25-12-6-14(18(27)16(26)7-12)20-17(24(28,29)30)19(32-36-20)11-3-4-15-13(5-11)21(34)31-23(15)8-33(9-23)22(35)10-1-2-10/h3-7,10,17,20H,1-2,8-9H2,(H,31,34). The van der Waals surface area contributed by atoms with E-state index in [9.17, 15) is 27.2 Å². The van der Waals surface area contributed by atoms with E-state index in [1.54, 1.807) is 11.0 Å². The summed E-state index contributed by atoms with van der Waals surface area (Å²) in [6, 6.07) is 6.43. The minimum Gasteiger partial charge on any atom is -0.386 e. The molecule has 0 radical (unpaired) electrons. The van der Waals surface area contributed by atoms with Crippen LogP contribution in [0, 0.1) is 17.7 Å². The molecule has 2 amide bonds. The van der Waals surface area contributed by atoms with Gasteiger partial charge in [-0.1, -0.05) is 40.5 Å². The lowest BCUT2D eigenvalue weighted by Crippen LogP contribution is -2.66. The summed E-state index contributed by atoms with van der Waals surface area (Å²) in [5.74, 6) is -3.74. The number of hydrogen-bond acceptors (Lipinski definition) is 4. The fraction of sp³-hybridized carbons (Fsp3) is 0.375. The van der Waals surface area contributed by atoms with Gasteiger partial charge < -0.3 is 15.1 Å². The molecule has 12 heteroatoms. The third-order valence-electron chi connectivity index (χ3n) is 7.13. The molecule has 6 nitrogen and oxygen atoms in total. The van der Waals surface area contributed by atoms with E-state index in [4.69, 9.17) is 28.0 Å². The number of alkyl halides is 3. The van der Waals surface area contributed by atoms with Gasteiger partial charge in [0.05, 0.1) is 5.02 Å². The van der Waals surface area contributed by atoms with Crippen molar-refractivity contribution in [3.05, 3.63) is 68.4 Å². The van der Waals surface area contributed by atoms with Gasteiger partial charge >= 0.3 is 6.18 Å². The average Bonchev–Trinajstić information content (AvgIpc) is 3.47. The molecule has 0 bridgehead atoms. The zero-order valence-electron chi connectivity index (χ0n) is 18.3. The summed E-state index contributed by atoms with van der Waals surface area (Å²) < 4.78 is 57.3. The van der Waals surface area contributed by atoms with E-state index in [1.165, 1.54) is 12.1 Å². The summed E-state index contributed by atoms with van der Waals surface area (Å²) in [5.41, 5.74) is -0.876. The Kier molecular flexibility index (Phi) is 5.12. The molecule has 1 saturated heterocycles. The lowest BCUT2D eigenvalue weighted by atomic mass is 9.81. The first kappa shape index (κ1) is 23.5. The third kappa shape index (κ3) is 3.56. The Hall–Kier alpha value is -2.85. The second-order valence-electron chi connectivity index (χ2n) is 9.58. The molecule has 1 N–H and O–H groups in total. The van der Waals surface area contributed by atoms with E-state index in [-0.39, 0.29) is 28.0 Å². The monoisotopic (exact) mass is 541 g/mol. The highest BCUT2D eigenvalue weighted by molar-refractivity contribution is 6.34. The van der Waals surface area contributed by atoms with Gasteiger partial charge in [-0.25, -0.2) is 4.39 Å². The molecule has 3 aliphatic heterocycles. The number of benzene rings is 2. The summed E-state index contributed by atoms with van der Waals surface area (Å²) >= 11 is 11.7. The Balaban J connectivity index is 1.32. The van der Waals surface area contributed by atoms with Crippen LogP contribution in [0.4, 0.5) is 17.6 Å². The van der Waals surface area contributed by atoms with E-state index < -0.39 is 51.8 Å². The van der Waals surface area contributed by atoms with Gasteiger partial charge in [0.1, 0.15) is 23.0 Å². The second-order valence-corrected chi connectivity index (χ2v) is 10.4. The quantitative estimate of drug-likeness (QED) is 0.440. The molecular formula is C24H17Cl2F4N3O3. The van der Waals surface area contributed by atoms with Gasteiger partial charge in [0.15, 0.2) is 6.10 Å². The fourth-order valence-electron chi connectivity index (χ4n) is 5.21. The highest BCUT2D eigenvalue weighted by Gasteiger charge is 2.56. The smallest absolute Gasteiger partial charge is 0.386 e. The summed E-state index contributed by atoms with van der Waals surface area (Å²) in [5, 5.41) is 6.05. The van der Waals surface area contributed by atoms with Crippen LogP contribution in [0.2, 0.25) is 10.0 Å². The molecule has 2 atom stereocenters. The highest BCUT2D eigenvalue weighted by Crippen LogP contribution is 2.48. The van der Waals surface area contributed by atoms with Crippen LogP contribution in [-0.4, -0.2) is 41.7 Å². The average molecular weight is 542 g/mol. The number of hydrogen-bond donors (Lipinski definition) is 1. The maximum absolute atomic E-state index is 14.7. The Bertz CT molecular complexity index is 1350. The summed E-state index contributed by atoms with van der Waals surface area (Å²) in [6.45, 7) is 0.624. The van der Waals surface area contributed by atoms with Crippen LogP contribution in [0.5, 0.6) is 0 Å². The number of fused-ring (bicyclic) bond motifs is 2. The Morgan fingerprint density at radius 3 is 2.56 bits per heavy atom. The van der Waals surface area contributed by atoms with Gasteiger partial charge in [-0.3, -0.25) is 9.59 Å². The maximum Gasteiger partial charge on any atom is 0.401 e. The predicted octanol–water partition coefficient (Wildman–Crippen LogP) is 4.98. The minimum atomic E-state index is -4.86. The van der Waals surface area contributed by atoms with Gasteiger partial charge in [-0.2, -0.15) is 13.2 Å². The number of amides is 2. The van der Waals surface area contributed by atoms with Crippen LogP contribution >= 0.6 is 23.2 Å². The van der Waals surface area contributed by atoms with E-state index >= 15 is 0 Å². The SMILES string of the molecule is O=C1NC2(CN(C(=O)C3CC3)C2)c2ccc(C3=NOC(c4cc(Cl)cc(Cl)c4F)C3C(F)(F)F)cc21. The maximum atomic E-state index is 14.7. The zero-order valence-corrected chi connectivity index (χ0v) is 19.8. The number of carbonyl (C=O) groups excluding carboxylic acids is 2. The number of rotatable bonds is 3. The van der Waals surface area contributed by atoms with Crippen molar-refractivity contribution in [2.45, 2.75) is 30.7 Å². The molecule has 1 spiro atoms. The van der Waals surface area contributed by atoms with Crippen molar-refractivity contribution < 1.29 is 32.0 Å². The van der Waals surface area contributed by atoms with Crippen molar-refractivity contribution in [1.82, 2.24) is 10.2 Å². The van der Waals surface area contributed by atoms with E-state index in [2.05, 4.69) is 10.5 Å². The first-order valence-electron chi connectivity index (χ1n) is 11.2. The van der Waals surface area contributed by atoms with Crippen molar-refractivity contribution in [2.75, 3.05) is 13.1 Å². The van der Waals surface area contributed by atoms with Crippen LogP contribution in [0.15, 0.2) is 35.5 Å². The van der Waals surface area contributed by atoms with Gasteiger partial charge in [0, 0.05) is 40.7 Å². The molecule has 188 valence electrons. The molecule has 1 aliphatic carbocycles. The molecule has 2 aromatic carbocycles. The zero-order chi connectivity index (χ0) is 25.6. The Morgan fingerprint density at radius 1 is 1.17 bits per heavy atom. The summed E-state index contributed by atoms with van der Waals surface area (Å²) in [7, 11) is 0. The fourth-order valence-corrected chi connectivity index (χ4v) is 5.72. The lowest BCUT2D eigenvalue weighted by Gasteiger charge is -2.48. The van der Waals surface area contributed by atoms with Crippen LogP contribution < -0.4 is 5.32 Å². The van der Waals surface area contributed by atoms with Crippen LogP contribution in [0.25, 0.3) is 0 Å². The van der Waals surface area contributed by atoms with Gasteiger partial charge in [-0.05, 0) is 36.6 Å². The molecule has 3 heterocycles. The van der Waals surface area contributed by atoms with Crippen LogP contribution in [0.3, 0.4) is 0 Å². The number of nitrogens with one attached hydrogen (secondary N) is 1. The van der Waals surface area contributed by atoms with E-state index in [0.29, 0.717) is 18.7 Å². The number of nitrogens with zero attached hydrogens (tertiary/aromatic N) is 2. The van der Waals surface area contributed by atoms with E-state index in [0.717, 1.165) is 25.0 Å². The van der Waals surface area contributed by atoms with Crippen molar-refractivity contribution in [3.63, 3.8) is 0 Å². The van der Waals surface area contributed by atoms with Crippen molar-refractivity contribution in [2.24, 2.45) is 17.0 Å². The van der Waals surface area contributed by atoms with Gasteiger partial charge in [0.2, 0.25) is 5.91 Å². The molecule has 36 heavy (non-hydrogen) atoms. The topological polar surface area (TPSA) is 71.0 Å². The largest absolute Gasteiger partial charge is 0.401 e. The molecule has 2 aromatic rings. The molecule has 2 fully saturated rings. The summed E-state index contributed by atoms with van der Waals surface area (Å²) in [6.07, 6.45) is -4.98. The molecule has 4 aliphatic rings. The van der Waals surface area contributed by atoms with Crippen LogP contribution in [-0.2, 0) is 15.2 Å². The Morgan fingerprint density at radius 2 is 1.89 bits per heavy atom. The normalized spacial score (nSPS) is 24.2. The highest BCUT2D eigenvalue weighted by atomic mass is 35.5. The molecule has 1 saturated carbocycles. The number of carbonyl (C=O) groups is 2. The molecule has 6 rings (SSSR count). The molecular weight excluding hydrogens is 525 g/mol. The number of oxime groups is 1. The van der Waals surface area contributed by atoms with Gasteiger partial charge in [-0.15, -0.1) is 0 Å². The Labute approximate surface area is 212 Å². The first-order valence-corrected chi connectivity index (χ1v) is 12.0. The first-order chi connectivity index (χ1) is 17.0. The number of halogens is 6.